The lowest BCUT2D eigenvalue weighted by Crippen LogP contribution is -2.58. The number of amides is 3. The molecular formula is C53H63BrN8O7S. The molecule has 0 radical (unpaired) electrons. The number of nitrogens with zero attached hydrogens (tertiary/aromatic N) is 7. The van der Waals surface area contributed by atoms with Gasteiger partial charge in [0.1, 0.15) is 24.6 Å². The van der Waals surface area contributed by atoms with E-state index in [0.29, 0.717) is 19.6 Å². The molecule has 6 aromatic rings. The third-order valence-electron chi connectivity index (χ3n) is 13.1. The molecule has 7 rings (SSSR count). The number of hydrogen-bond acceptors (Lipinski definition) is 11. The van der Waals surface area contributed by atoms with Gasteiger partial charge in [-0.15, -0.1) is 11.3 Å². The van der Waals surface area contributed by atoms with Gasteiger partial charge in [0, 0.05) is 59.9 Å². The first kappa shape index (κ1) is 51.7. The maximum absolute atomic E-state index is 14.6. The lowest BCUT2D eigenvalue weighted by atomic mass is 9.85. The summed E-state index contributed by atoms with van der Waals surface area (Å²) >= 11 is 5.36. The molecular weight excluding hydrogens is 973 g/mol. The largest absolute Gasteiger partial charge is 0.481 e. The van der Waals surface area contributed by atoms with Crippen molar-refractivity contribution in [2.75, 3.05) is 31.2 Å². The first-order chi connectivity index (χ1) is 33.4. The fourth-order valence-electron chi connectivity index (χ4n) is 9.34. The number of carboxylic acid groups (broad SMARTS) is 1. The Balaban J connectivity index is 0.978. The van der Waals surface area contributed by atoms with Gasteiger partial charge in [0.05, 0.1) is 39.8 Å². The number of carboxylic acids is 1. The number of halogens is 1. The van der Waals surface area contributed by atoms with Gasteiger partial charge in [0.25, 0.3) is 0 Å². The number of carbonyl (C=O) groups excluding carboxylic acids is 3. The van der Waals surface area contributed by atoms with Crippen LogP contribution in [0.25, 0.3) is 27.3 Å². The van der Waals surface area contributed by atoms with Crippen LogP contribution in [-0.2, 0) is 23.9 Å². The second-order valence-corrected chi connectivity index (χ2v) is 20.9. The van der Waals surface area contributed by atoms with Gasteiger partial charge in [-0.05, 0) is 134 Å². The van der Waals surface area contributed by atoms with E-state index in [1.807, 2.05) is 89.0 Å². The number of unbranched alkanes of at least 4 members (excludes halogenated alkanes) is 2. The molecule has 1 aliphatic rings. The molecule has 0 spiro atoms. The highest BCUT2D eigenvalue weighted by Crippen LogP contribution is 2.39. The van der Waals surface area contributed by atoms with Crippen molar-refractivity contribution in [2.45, 2.75) is 106 Å². The van der Waals surface area contributed by atoms with E-state index in [1.54, 1.807) is 33.7 Å². The SMILES string of the molecule is Cc1ccc(-c2c(C)noc2C)cc1N(CCCCCOCC(=O)N[C@H](C(=O)N1C[C@@H](CC(=O)O)C[C@H]1N(C=O)[C@@H](C)c1ccc(-c2scnc2C)cc1)C(C)(C)C)c1ccc(-n2ccnc2)c(Br)c1. The highest BCUT2D eigenvalue weighted by atomic mass is 79.9. The van der Waals surface area contributed by atoms with Crippen molar-refractivity contribution >= 4 is 62.8 Å². The molecule has 0 unspecified atom stereocenters. The summed E-state index contributed by atoms with van der Waals surface area (Å²) in [5.41, 5.74) is 10.9. The van der Waals surface area contributed by atoms with Gasteiger partial charge in [-0.2, -0.15) is 0 Å². The van der Waals surface area contributed by atoms with E-state index in [1.165, 1.54) is 0 Å². The van der Waals surface area contributed by atoms with Gasteiger partial charge in [0.2, 0.25) is 18.2 Å². The van der Waals surface area contributed by atoms with Crippen LogP contribution < -0.4 is 10.2 Å². The lowest BCUT2D eigenvalue weighted by molar-refractivity contribution is -0.147. The average molecular weight is 1040 g/mol. The summed E-state index contributed by atoms with van der Waals surface area (Å²) < 4.78 is 14.3. The molecule has 3 aromatic heterocycles. The summed E-state index contributed by atoms with van der Waals surface area (Å²) in [5.74, 6) is -1.42. The Bertz CT molecular complexity index is 2750. The smallest absolute Gasteiger partial charge is 0.303 e. The fraction of sp³-hybridized carbons (Fsp3) is 0.415. The molecule has 0 saturated carbocycles. The molecule has 70 heavy (non-hydrogen) atoms. The number of carbonyl (C=O) groups is 4. The molecule has 370 valence electrons. The molecule has 1 saturated heterocycles. The first-order valence-electron chi connectivity index (χ1n) is 23.7. The number of aliphatic carboxylic acids is 1. The second-order valence-electron chi connectivity index (χ2n) is 19.2. The Morgan fingerprint density at radius 2 is 1.77 bits per heavy atom. The molecule has 4 atom stereocenters. The Labute approximate surface area is 422 Å². The Kier molecular flexibility index (Phi) is 16.8. The Hall–Kier alpha value is -6.17. The minimum absolute atomic E-state index is 0.132. The number of rotatable bonds is 21. The van der Waals surface area contributed by atoms with Crippen LogP contribution in [0.5, 0.6) is 0 Å². The number of ether oxygens (including phenoxy) is 1. The van der Waals surface area contributed by atoms with Crippen molar-refractivity contribution in [3.8, 4) is 27.3 Å². The molecule has 1 aliphatic heterocycles. The molecule has 0 aliphatic carbocycles. The maximum atomic E-state index is 14.6. The van der Waals surface area contributed by atoms with Gasteiger partial charge < -0.3 is 39.0 Å². The third-order valence-corrected chi connectivity index (χ3v) is 14.7. The summed E-state index contributed by atoms with van der Waals surface area (Å²) in [6, 6.07) is 19.2. The Morgan fingerprint density at radius 3 is 2.40 bits per heavy atom. The number of aryl methyl sites for hydroxylation is 4. The van der Waals surface area contributed by atoms with Crippen molar-refractivity contribution < 1.29 is 33.5 Å². The lowest BCUT2D eigenvalue weighted by Gasteiger charge is -2.40. The van der Waals surface area contributed by atoms with Crippen LogP contribution in [-0.4, -0.2) is 97.3 Å². The molecule has 3 aromatic carbocycles. The standard InChI is InChI=1S/C53H63BrN8O7S/c1-33-12-13-41(49-34(2)58-69-37(49)5)26-45(33)60(42-18-19-44(43(54)27-42)59-22-20-55-30-59)21-10-9-11-23-68-29-46(64)57-51(53(6,7)8)52(67)61-28-38(25-48(65)66)24-47(61)62(32-63)36(4)39-14-16-40(17-15-39)50-35(3)56-31-70-50/h12-20,22,26-27,30-32,36,38,47,51H,9-11,21,23-25,28-29H2,1-8H3,(H,57,64)(H,65,66)/t36-,38+,47+,51+/m0/s1. The van der Waals surface area contributed by atoms with E-state index in [0.717, 1.165) is 90.6 Å². The number of imidazole rings is 1. The zero-order chi connectivity index (χ0) is 50.3. The number of benzene rings is 3. The molecule has 3 amide bonds. The van der Waals surface area contributed by atoms with Crippen molar-refractivity contribution in [1.82, 2.24) is 34.8 Å². The number of nitrogens with one attached hydrogen (secondary N) is 1. The zero-order valence-corrected chi connectivity index (χ0v) is 43.5. The van der Waals surface area contributed by atoms with Gasteiger partial charge in [-0.3, -0.25) is 19.2 Å². The van der Waals surface area contributed by atoms with E-state index in [-0.39, 0.29) is 37.8 Å². The van der Waals surface area contributed by atoms with Crippen molar-refractivity contribution in [2.24, 2.45) is 11.3 Å². The number of aromatic nitrogens is 4. The predicted octanol–water partition coefficient (Wildman–Crippen LogP) is 10.4. The van der Waals surface area contributed by atoms with E-state index in [4.69, 9.17) is 9.26 Å². The molecule has 0 bridgehead atoms. The molecule has 4 heterocycles. The van der Waals surface area contributed by atoms with Crippen LogP contribution in [0.15, 0.2) is 93.9 Å². The average Bonchev–Trinajstić information content (AvgIpc) is 4.16. The zero-order valence-electron chi connectivity index (χ0n) is 41.1. The summed E-state index contributed by atoms with van der Waals surface area (Å²) in [5, 5.41) is 16.9. The van der Waals surface area contributed by atoms with E-state index < -0.39 is 35.5 Å². The van der Waals surface area contributed by atoms with Crippen LogP contribution in [0, 0.1) is 39.0 Å². The summed E-state index contributed by atoms with van der Waals surface area (Å²) in [4.78, 5) is 68.2. The highest BCUT2D eigenvalue weighted by Gasteiger charge is 2.45. The van der Waals surface area contributed by atoms with Gasteiger partial charge in [0.15, 0.2) is 0 Å². The number of anilines is 2. The second kappa shape index (κ2) is 22.7. The van der Waals surface area contributed by atoms with E-state index >= 15 is 0 Å². The molecule has 15 nitrogen and oxygen atoms in total. The monoisotopic (exact) mass is 1030 g/mol. The van der Waals surface area contributed by atoms with E-state index in [2.05, 4.69) is 84.6 Å². The third kappa shape index (κ3) is 12.0. The molecule has 2 N–H and O–H groups in total. The van der Waals surface area contributed by atoms with Crippen LogP contribution in [0.3, 0.4) is 0 Å². The minimum atomic E-state index is -0.979. The first-order valence-corrected chi connectivity index (χ1v) is 25.3. The quantitative estimate of drug-likeness (QED) is 0.0518. The number of likely N-dealkylation sites (tertiary alicyclic amines) is 1. The van der Waals surface area contributed by atoms with Gasteiger partial charge in [-0.25, -0.2) is 9.97 Å². The summed E-state index contributed by atoms with van der Waals surface area (Å²) in [6.07, 6.45) is 7.94. The molecule has 17 heteroatoms. The van der Waals surface area contributed by atoms with Crippen LogP contribution in [0.2, 0.25) is 0 Å². The number of hydrogen-bond donors (Lipinski definition) is 2. The molecule has 1 fully saturated rings. The number of thiazole rings is 1. The Morgan fingerprint density at radius 1 is 1.01 bits per heavy atom. The van der Waals surface area contributed by atoms with Gasteiger partial charge >= 0.3 is 5.97 Å². The van der Waals surface area contributed by atoms with Crippen molar-refractivity contribution in [3.63, 3.8) is 0 Å². The minimum Gasteiger partial charge on any atom is -0.481 e. The highest BCUT2D eigenvalue weighted by molar-refractivity contribution is 9.10. The van der Waals surface area contributed by atoms with Crippen molar-refractivity contribution in [3.05, 3.63) is 118 Å². The fourth-order valence-corrected chi connectivity index (χ4v) is 10.7. The van der Waals surface area contributed by atoms with Crippen LogP contribution in [0.1, 0.15) is 94.1 Å². The van der Waals surface area contributed by atoms with Gasteiger partial charge in [-0.1, -0.05) is 62.3 Å². The van der Waals surface area contributed by atoms with Crippen LogP contribution in [0.4, 0.5) is 11.4 Å². The normalized spacial score (nSPS) is 15.7. The topological polar surface area (TPSA) is 176 Å². The van der Waals surface area contributed by atoms with E-state index in [9.17, 15) is 24.3 Å². The summed E-state index contributed by atoms with van der Waals surface area (Å²) in [6.45, 7) is 16.4. The van der Waals surface area contributed by atoms with Crippen LogP contribution >= 0.6 is 27.3 Å². The van der Waals surface area contributed by atoms with Crippen molar-refractivity contribution in [1.29, 1.82) is 0 Å². The maximum Gasteiger partial charge on any atom is 0.303 e. The predicted molar refractivity (Wildman–Crippen MR) is 275 cm³/mol. The summed E-state index contributed by atoms with van der Waals surface area (Å²) in [7, 11) is 0.